The average molecular weight is 412 g/mol. The molecule has 0 spiro atoms. The van der Waals surface area contributed by atoms with Crippen molar-refractivity contribution in [3.05, 3.63) is 59.7 Å². The molecule has 2 atom stereocenters. The quantitative estimate of drug-likeness (QED) is 0.419. The predicted octanol–water partition coefficient (Wildman–Crippen LogP) is 4.28. The second-order valence-electron chi connectivity index (χ2n) is 6.60. The third kappa shape index (κ3) is 4.03. The lowest BCUT2D eigenvalue weighted by Crippen LogP contribution is -2.47. The Morgan fingerprint density at radius 2 is 1.89 bits per heavy atom. The minimum atomic E-state index is -3.13. The highest BCUT2D eigenvalue weighted by Crippen LogP contribution is 2.36. The molecule has 150 valence electrons. The summed E-state index contributed by atoms with van der Waals surface area (Å²) in [7, 11) is 0. The standard InChI is InChI=1S/C20H20F4N2OS/c1-2-28-25-19-17(26(12-27)11-20(19,23)24)10-13-6-5-8-15(18(13)22)14-7-3-4-9-16(14)21/h3-9,12,17,19,25H,2,10-11H2,1H3. The first-order chi connectivity index (χ1) is 13.4. The zero-order valence-corrected chi connectivity index (χ0v) is 16.0. The summed E-state index contributed by atoms with van der Waals surface area (Å²) in [6.07, 6.45) is 0.264. The molecule has 1 aliphatic heterocycles. The van der Waals surface area contributed by atoms with E-state index in [9.17, 15) is 18.0 Å². The van der Waals surface area contributed by atoms with Gasteiger partial charge in [-0.3, -0.25) is 9.52 Å². The molecule has 2 aromatic carbocycles. The van der Waals surface area contributed by atoms with Crippen LogP contribution in [0.5, 0.6) is 0 Å². The third-order valence-electron chi connectivity index (χ3n) is 4.82. The number of nitrogens with zero attached hydrogens (tertiary/aromatic N) is 1. The number of carbonyl (C=O) groups is 1. The molecule has 0 radical (unpaired) electrons. The maximum absolute atomic E-state index is 15.1. The third-order valence-corrected chi connectivity index (χ3v) is 5.53. The molecule has 28 heavy (non-hydrogen) atoms. The summed E-state index contributed by atoms with van der Waals surface area (Å²) < 4.78 is 60.7. The number of halogens is 4. The van der Waals surface area contributed by atoms with E-state index in [0.29, 0.717) is 12.2 Å². The first-order valence-corrected chi connectivity index (χ1v) is 9.86. The number of hydrogen-bond donors (Lipinski definition) is 1. The van der Waals surface area contributed by atoms with Crippen molar-refractivity contribution in [2.24, 2.45) is 0 Å². The van der Waals surface area contributed by atoms with E-state index in [2.05, 4.69) is 4.72 Å². The smallest absolute Gasteiger partial charge is 0.283 e. The van der Waals surface area contributed by atoms with Gasteiger partial charge >= 0.3 is 0 Å². The van der Waals surface area contributed by atoms with E-state index >= 15 is 4.39 Å². The van der Waals surface area contributed by atoms with Gasteiger partial charge in [0, 0.05) is 16.9 Å². The van der Waals surface area contributed by atoms with Crippen LogP contribution in [0.2, 0.25) is 0 Å². The summed E-state index contributed by atoms with van der Waals surface area (Å²) >= 11 is 1.12. The molecule has 1 heterocycles. The minimum absolute atomic E-state index is 0.0606. The molecule has 1 fully saturated rings. The Morgan fingerprint density at radius 1 is 1.18 bits per heavy atom. The molecule has 8 heteroatoms. The number of likely N-dealkylation sites (tertiary alicyclic amines) is 1. The van der Waals surface area contributed by atoms with Crippen LogP contribution in [0.3, 0.4) is 0 Å². The number of carbonyl (C=O) groups excluding carboxylic acids is 1. The summed E-state index contributed by atoms with van der Waals surface area (Å²) in [5.41, 5.74) is 0.316. The Bertz CT molecular complexity index is 849. The van der Waals surface area contributed by atoms with Gasteiger partial charge in [0.15, 0.2) is 0 Å². The maximum atomic E-state index is 15.1. The number of rotatable bonds is 7. The fourth-order valence-corrected chi connectivity index (χ4v) is 4.15. The van der Waals surface area contributed by atoms with Crippen LogP contribution in [0, 0.1) is 11.6 Å². The molecule has 3 nitrogen and oxygen atoms in total. The van der Waals surface area contributed by atoms with Crippen molar-refractivity contribution < 1.29 is 22.4 Å². The molecule has 1 amide bonds. The summed E-state index contributed by atoms with van der Waals surface area (Å²) in [5, 5.41) is 0. The van der Waals surface area contributed by atoms with E-state index in [-0.39, 0.29) is 23.1 Å². The lowest BCUT2D eigenvalue weighted by Gasteiger charge is -2.26. The zero-order valence-electron chi connectivity index (χ0n) is 15.2. The fourth-order valence-electron chi connectivity index (χ4n) is 3.47. The van der Waals surface area contributed by atoms with E-state index in [1.54, 1.807) is 12.1 Å². The van der Waals surface area contributed by atoms with E-state index in [4.69, 9.17) is 0 Å². The highest BCUT2D eigenvalue weighted by Gasteiger charge is 2.54. The highest BCUT2D eigenvalue weighted by molar-refractivity contribution is 7.97. The second-order valence-corrected chi connectivity index (χ2v) is 7.70. The number of benzene rings is 2. The van der Waals surface area contributed by atoms with Gasteiger partial charge in [0.25, 0.3) is 5.92 Å². The summed E-state index contributed by atoms with van der Waals surface area (Å²) in [6, 6.07) is 8.04. The van der Waals surface area contributed by atoms with Crippen LogP contribution < -0.4 is 4.72 Å². The van der Waals surface area contributed by atoms with E-state index in [0.717, 1.165) is 16.8 Å². The Kier molecular flexibility index (Phi) is 6.30. The van der Waals surface area contributed by atoms with E-state index < -0.39 is 36.2 Å². The number of hydrogen-bond acceptors (Lipinski definition) is 3. The van der Waals surface area contributed by atoms with E-state index in [1.807, 2.05) is 6.92 Å². The molecule has 1 aliphatic rings. The van der Waals surface area contributed by atoms with Crippen molar-refractivity contribution in [2.75, 3.05) is 12.3 Å². The van der Waals surface area contributed by atoms with Gasteiger partial charge in [-0.05, 0) is 18.1 Å². The normalized spacial score (nSPS) is 21.1. The molecule has 1 N–H and O–H groups in total. The van der Waals surface area contributed by atoms with Crippen LogP contribution in [0.4, 0.5) is 17.6 Å². The molecule has 3 rings (SSSR count). The van der Waals surface area contributed by atoms with E-state index in [1.165, 1.54) is 30.3 Å². The number of amides is 1. The molecule has 2 aromatic rings. The minimum Gasteiger partial charge on any atom is -0.334 e. The lowest BCUT2D eigenvalue weighted by atomic mass is 9.95. The molecule has 0 saturated carbocycles. The monoisotopic (exact) mass is 412 g/mol. The van der Waals surface area contributed by atoms with Gasteiger partial charge in [-0.2, -0.15) is 0 Å². The molecule has 0 aromatic heterocycles. The average Bonchev–Trinajstić information content (AvgIpc) is 2.91. The summed E-state index contributed by atoms with van der Waals surface area (Å²) in [6.45, 7) is 1.09. The van der Waals surface area contributed by atoms with Gasteiger partial charge in [-0.15, -0.1) is 0 Å². The van der Waals surface area contributed by atoms with Crippen molar-refractivity contribution in [3.8, 4) is 11.1 Å². The number of alkyl halides is 2. The predicted molar refractivity (Wildman–Crippen MR) is 102 cm³/mol. The Morgan fingerprint density at radius 3 is 2.57 bits per heavy atom. The Balaban J connectivity index is 1.94. The first-order valence-electron chi connectivity index (χ1n) is 8.87. The van der Waals surface area contributed by atoms with Gasteiger partial charge in [0.1, 0.15) is 17.7 Å². The van der Waals surface area contributed by atoms with Crippen LogP contribution in [0.1, 0.15) is 12.5 Å². The van der Waals surface area contributed by atoms with Gasteiger partial charge in [0.2, 0.25) is 6.41 Å². The van der Waals surface area contributed by atoms with Crippen LogP contribution in [0.25, 0.3) is 11.1 Å². The Labute approximate surface area is 165 Å². The van der Waals surface area contributed by atoms with Crippen molar-refractivity contribution in [2.45, 2.75) is 31.4 Å². The Hall–Kier alpha value is -2.06. The lowest BCUT2D eigenvalue weighted by molar-refractivity contribution is -0.120. The van der Waals surface area contributed by atoms with Gasteiger partial charge in [-0.25, -0.2) is 17.6 Å². The van der Waals surface area contributed by atoms with Crippen molar-refractivity contribution >= 4 is 18.4 Å². The van der Waals surface area contributed by atoms with Gasteiger partial charge in [0.05, 0.1) is 12.6 Å². The molecule has 1 saturated heterocycles. The molecular weight excluding hydrogens is 392 g/mol. The maximum Gasteiger partial charge on any atom is 0.283 e. The fraction of sp³-hybridized carbons (Fsp3) is 0.350. The molecule has 2 unspecified atom stereocenters. The zero-order chi connectivity index (χ0) is 20.3. The van der Waals surface area contributed by atoms with Crippen LogP contribution in [-0.2, 0) is 11.2 Å². The van der Waals surface area contributed by atoms with Gasteiger partial charge < -0.3 is 4.90 Å². The van der Waals surface area contributed by atoms with Crippen LogP contribution >= 0.6 is 11.9 Å². The SMILES string of the molecule is CCSNC1C(Cc2cccc(-c3ccccc3F)c2F)N(C=O)CC1(F)F. The first kappa shape index (κ1) is 20.7. The largest absolute Gasteiger partial charge is 0.334 e. The van der Waals surface area contributed by atoms with Gasteiger partial charge in [-0.1, -0.05) is 55.3 Å². The molecular formula is C20H20F4N2OS. The molecule has 0 bridgehead atoms. The van der Waals surface area contributed by atoms with Crippen LogP contribution in [-0.4, -0.2) is 41.6 Å². The summed E-state index contributed by atoms with van der Waals surface area (Å²) in [5.74, 6) is -3.81. The second kappa shape index (κ2) is 8.53. The van der Waals surface area contributed by atoms with Crippen molar-refractivity contribution in [1.82, 2.24) is 9.62 Å². The topological polar surface area (TPSA) is 32.3 Å². The highest BCUT2D eigenvalue weighted by atomic mass is 32.2. The summed E-state index contributed by atoms with van der Waals surface area (Å²) in [4.78, 5) is 12.4. The van der Waals surface area contributed by atoms with Crippen molar-refractivity contribution in [3.63, 3.8) is 0 Å². The van der Waals surface area contributed by atoms with Crippen molar-refractivity contribution in [1.29, 1.82) is 0 Å². The van der Waals surface area contributed by atoms with Crippen LogP contribution in [0.15, 0.2) is 42.5 Å². The number of nitrogens with one attached hydrogen (secondary N) is 1. The molecule has 0 aliphatic carbocycles.